The number of likely N-dealkylation sites (N-methyl/N-ethyl adjacent to an activating group) is 1. The van der Waals surface area contributed by atoms with Crippen LogP contribution < -0.4 is 5.32 Å². The van der Waals surface area contributed by atoms with Crippen molar-refractivity contribution in [3.05, 3.63) is 122 Å². The van der Waals surface area contributed by atoms with Gasteiger partial charge in [0.1, 0.15) is 13.2 Å². The minimum Gasteiger partial charge on any atom is -0.387 e. The molecule has 8 nitrogen and oxygen atoms in total. The van der Waals surface area contributed by atoms with Gasteiger partial charge in [-0.05, 0) is 89.9 Å². The minimum absolute atomic E-state index is 0.0483. The van der Waals surface area contributed by atoms with Crippen molar-refractivity contribution in [2.24, 2.45) is 0 Å². The van der Waals surface area contributed by atoms with Crippen LogP contribution in [0.1, 0.15) is 264 Å². The topological polar surface area (TPSA) is 105 Å². The molecule has 0 saturated carbocycles. The Hall–Kier alpha value is -3.10. The molecule has 1 amide bonds. The summed E-state index contributed by atoms with van der Waals surface area (Å²) in [7, 11) is 1.54. The number of hydrogen-bond acceptors (Lipinski definition) is 5. The fourth-order valence-electron chi connectivity index (χ4n) is 8.92. The molecule has 0 aromatic heterocycles. The van der Waals surface area contributed by atoms with Gasteiger partial charge in [0.2, 0.25) is 5.91 Å². The molecule has 454 valence electrons. The maximum atomic E-state index is 13.0. The highest BCUT2D eigenvalue weighted by molar-refractivity contribution is 7.47. The van der Waals surface area contributed by atoms with Gasteiger partial charge in [0.05, 0.1) is 39.9 Å². The number of rotatable bonds is 58. The van der Waals surface area contributed by atoms with E-state index in [9.17, 15) is 19.4 Å². The quantitative estimate of drug-likeness (QED) is 0.0243. The van der Waals surface area contributed by atoms with Gasteiger partial charge < -0.3 is 19.8 Å². The lowest BCUT2D eigenvalue weighted by molar-refractivity contribution is -0.870. The third-order valence-electron chi connectivity index (χ3n) is 13.9. The van der Waals surface area contributed by atoms with Gasteiger partial charge in [0, 0.05) is 6.42 Å². The van der Waals surface area contributed by atoms with Gasteiger partial charge in [-0.15, -0.1) is 0 Å². The first-order valence-corrected chi connectivity index (χ1v) is 33.9. The van der Waals surface area contributed by atoms with Gasteiger partial charge in [0.25, 0.3) is 0 Å². The Kier molecular flexibility index (Phi) is 57.2. The average molecular weight is 1120 g/mol. The summed E-state index contributed by atoms with van der Waals surface area (Å²) in [6, 6.07) is -0.875. The molecule has 0 spiro atoms. The van der Waals surface area contributed by atoms with Gasteiger partial charge in [0.15, 0.2) is 0 Å². The van der Waals surface area contributed by atoms with Crippen LogP contribution in [-0.2, 0) is 18.4 Å². The number of aliphatic hydroxyl groups is 1. The number of phosphoric acid groups is 1. The molecule has 0 aliphatic carbocycles. The Bertz CT molecular complexity index is 1700. The van der Waals surface area contributed by atoms with Crippen molar-refractivity contribution in [2.75, 3.05) is 40.9 Å². The van der Waals surface area contributed by atoms with Crippen molar-refractivity contribution in [1.82, 2.24) is 5.32 Å². The number of allylic oxidation sites excluding steroid dienone is 19. The van der Waals surface area contributed by atoms with Crippen molar-refractivity contribution >= 4 is 13.7 Å². The van der Waals surface area contributed by atoms with Crippen molar-refractivity contribution in [3.63, 3.8) is 0 Å². The van der Waals surface area contributed by atoms with Crippen LogP contribution in [0.3, 0.4) is 0 Å². The molecule has 0 rings (SSSR count). The fourth-order valence-corrected chi connectivity index (χ4v) is 9.65. The maximum absolute atomic E-state index is 13.0. The highest BCUT2D eigenvalue weighted by atomic mass is 31.2. The molecular formula is C70H124N2O6P+. The van der Waals surface area contributed by atoms with E-state index in [2.05, 4.69) is 129 Å². The predicted molar refractivity (Wildman–Crippen MR) is 345 cm³/mol. The maximum Gasteiger partial charge on any atom is 0.472 e. The first-order chi connectivity index (χ1) is 38.5. The summed E-state index contributed by atoms with van der Waals surface area (Å²) in [5.74, 6) is -0.211. The van der Waals surface area contributed by atoms with E-state index in [4.69, 9.17) is 9.05 Å². The van der Waals surface area contributed by atoms with E-state index in [0.717, 1.165) is 103 Å². The number of hydrogen-bond donors (Lipinski definition) is 3. The summed E-state index contributed by atoms with van der Waals surface area (Å²) in [4.78, 5) is 23.4. The zero-order valence-electron chi connectivity index (χ0n) is 51.8. The molecule has 3 unspecified atom stereocenters. The van der Waals surface area contributed by atoms with Crippen LogP contribution in [0.4, 0.5) is 0 Å². The third kappa shape index (κ3) is 62.4. The lowest BCUT2D eigenvalue weighted by atomic mass is 10.0. The van der Waals surface area contributed by atoms with E-state index in [1.54, 1.807) is 6.08 Å². The second-order valence-corrected chi connectivity index (χ2v) is 24.2. The van der Waals surface area contributed by atoms with Crippen molar-refractivity contribution < 1.29 is 32.9 Å². The number of carbonyl (C=O) groups excluding carboxylic acids is 1. The summed E-state index contributed by atoms with van der Waals surface area (Å²) < 4.78 is 23.8. The predicted octanol–water partition coefficient (Wildman–Crippen LogP) is 20.5. The normalized spacial score (nSPS) is 14.6. The molecule has 79 heavy (non-hydrogen) atoms. The monoisotopic (exact) mass is 1120 g/mol. The van der Waals surface area contributed by atoms with Crippen LogP contribution in [0, 0.1) is 0 Å². The summed E-state index contributed by atoms with van der Waals surface area (Å²) in [5, 5.41) is 14.0. The van der Waals surface area contributed by atoms with E-state index in [-0.39, 0.29) is 19.1 Å². The second-order valence-electron chi connectivity index (χ2n) is 22.8. The molecule has 0 aromatic rings. The van der Waals surface area contributed by atoms with Gasteiger partial charge in [-0.2, -0.15) is 0 Å². The molecule has 0 heterocycles. The van der Waals surface area contributed by atoms with Crippen LogP contribution in [0.2, 0.25) is 0 Å². The molecule has 0 aliphatic heterocycles. The fraction of sp³-hybridized carbons (Fsp3) is 0.700. The van der Waals surface area contributed by atoms with Crippen LogP contribution in [-0.4, -0.2) is 73.4 Å². The highest BCUT2D eigenvalue weighted by Gasteiger charge is 2.27. The summed E-state index contributed by atoms with van der Waals surface area (Å²) in [5.41, 5.74) is 0. The standard InChI is InChI=1S/C70H123N2O6P/c1-6-8-10-12-14-16-18-20-22-24-26-28-30-32-34-35-36-37-38-40-42-44-46-48-50-52-54-56-58-60-62-64-70(74)71-68(67-78-79(75,76)77-66-65-72(3,4)5)69(73)63-61-59-57-55-53-51-49-47-45-43-41-39-33-31-29-27-25-23-21-19-17-15-13-11-9-7-2/h8,10,14,16,20,22,26,28,32,34,36-37,40,42,46,48,52,54,61,63,68-69,73H,6-7,9,11-13,15,17-19,21,23-25,27,29-31,33,35,38-39,41,43-45,47,49-51,53,55-60,62,64-67H2,1-5H3,(H-,71,74,75,76)/p+1/b10-8-,16-14-,22-20-,28-26-,34-32-,37-36-,42-40-,48-46-,54-52-,63-61+. The lowest BCUT2D eigenvalue weighted by Crippen LogP contribution is -2.45. The molecule has 0 radical (unpaired) electrons. The zero-order chi connectivity index (χ0) is 57.7. The van der Waals surface area contributed by atoms with Crippen LogP contribution in [0.15, 0.2) is 122 Å². The SMILES string of the molecule is CC/C=C\C/C=C\C/C=C\C/C=C\C/C=C\C/C=C\C/C=C\C/C=C\C/C=C\CCCCCC(=O)NC(COP(=O)(O)OCC[N+](C)(C)C)C(O)/C=C/CCCCCCCCCCCCCCCCCCCCCCCCCC. The van der Waals surface area contributed by atoms with E-state index < -0.39 is 20.0 Å². The number of aliphatic hydroxyl groups excluding tert-OH is 1. The number of carbonyl (C=O) groups is 1. The Morgan fingerprint density at radius 1 is 0.443 bits per heavy atom. The molecule has 9 heteroatoms. The highest BCUT2D eigenvalue weighted by Crippen LogP contribution is 2.43. The largest absolute Gasteiger partial charge is 0.472 e. The van der Waals surface area contributed by atoms with Gasteiger partial charge in [-0.3, -0.25) is 13.8 Å². The number of phosphoric ester groups is 1. The summed E-state index contributed by atoms with van der Waals surface area (Å²) in [6.07, 6.45) is 88.9. The van der Waals surface area contributed by atoms with E-state index >= 15 is 0 Å². The number of unbranched alkanes of at least 4 members (excludes halogenated alkanes) is 27. The summed E-state index contributed by atoms with van der Waals surface area (Å²) in [6.45, 7) is 4.69. The third-order valence-corrected chi connectivity index (χ3v) is 14.9. The van der Waals surface area contributed by atoms with Crippen LogP contribution in [0.5, 0.6) is 0 Å². The Morgan fingerprint density at radius 2 is 0.759 bits per heavy atom. The minimum atomic E-state index is -4.37. The van der Waals surface area contributed by atoms with Gasteiger partial charge >= 0.3 is 7.82 Å². The number of amides is 1. The van der Waals surface area contributed by atoms with Crippen molar-refractivity contribution in [3.8, 4) is 0 Å². The van der Waals surface area contributed by atoms with Crippen LogP contribution >= 0.6 is 7.82 Å². The first-order valence-electron chi connectivity index (χ1n) is 32.4. The van der Waals surface area contributed by atoms with Gasteiger partial charge in [-0.1, -0.05) is 289 Å². The number of nitrogens with zero attached hydrogens (tertiary/aromatic N) is 1. The zero-order valence-corrected chi connectivity index (χ0v) is 52.7. The molecule has 0 bridgehead atoms. The number of nitrogens with one attached hydrogen (secondary N) is 1. The Balaban J connectivity index is 4.27. The Labute approximate surface area is 488 Å². The molecule has 3 atom stereocenters. The molecule has 0 aliphatic rings. The smallest absolute Gasteiger partial charge is 0.387 e. The molecule has 0 fully saturated rings. The average Bonchev–Trinajstić information content (AvgIpc) is 3.42. The Morgan fingerprint density at radius 3 is 1.11 bits per heavy atom. The van der Waals surface area contributed by atoms with Crippen LogP contribution in [0.25, 0.3) is 0 Å². The molecule has 0 saturated heterocycles. The van der Waals surface area contributed by atoms with Crippen molar-refractivity contribution in [1.29, 1.82) is 0 Å². The van der Waals surface area contributed by atoms with Crippen molar-refractivity contribution in [2.45, 2.75) is 276 Å². The van der Waals surface area contributed by atoms with Gasteiger partial charge in [-0.25, -0.2) is 4.57 Å². The molecular weight excluding hydrogens is 996 g/mol. The first kappa shape index (κ1) is 75.9. The van der Waals surface area contributed by atoms with E-state index in [1.807, 2.05) is 27.2 Å². The molecule has 0 aromatic carbocycles. The second kappa shape index (κ2) is 59.5. The number of quaternary nitrogens is 1. The lowest BCUT2D eigenvalue weighted by Gasteiger charge is -2.25. The molecule has 3 N–H and O–H groups in total. The summed E-state index contributed by atoms with van der Waals surface area (Å²) >= 11 is 0. The van der Waals surface area contributed by atoms with E-state index in [0.29, 0.717) is 17.4 Å². The van der Waals surface area contributed by atoms with E-state index in [1.165, 1.54) is 141 Å².